The van der Waals surface area contributed by atoms with E-state index in [1.807, 2.05) is 12.1 Å². The minimum atomic E-state index is -0.321. The predicted octanol–water partition coefficient (Wildman–Crippen LogP) is 6.43. The molecule has 0 amide bonds. The molecule has 0 saturated carbocycles. The highest BCUT2D eigenvalue weighted by Crippen LogP contribution is 2.54. The lowest BCUT2D eigenvalue weighted by Gasteiger charge is -2.47. The average molecular weight is 385 g/mol. The van der Waals surface area contributed by atoms with Crippen molar-refractivity contribution in [2.45, 2.75) is 96.5 Å². The lowest BCUT2D eigenvalue weighted by Crippen LogP contribution is -2.45. The Bertz CT molecular complexity index is 757. The van der Waals surface area contributed by atoms with E-state index in [4.69, 9.17) is 4.74 Å². The molecule has 154 valence electrons. The zero-order valence-corrected chi connectivity index (χ0v) is 18.2. The largest absolute Gasteiger partial charge is 0.508 e. The van der Waals surface area contributed by atoms with Gasteiger partial charge in [0.2, 0.25) is 0 Å². The molecule has 1 aromatic carbocycles. The smallest absolute Gasteiger partial charge is 0.145 e. The van der Waals surface area contributed by atoms with Gasteiger partial charge in [0.1, 0.15) is 23.4 Å². The molecule has 2 aliphatic rings. The Kier molecular flexibility index (Phi) is 5.93. The number of phenolic OH excluding ortho intramolecular Hbond substituents is 1. The molecule has 0 unspecified atom stereocenters. The summed E-state index contributed by atoms with van der Waals surface area (Å²) in [7, 11) is 0. The molecule has 0 radical (unpaired) electrons. The number of fused-ring (bicyclic) bond motifs is 3. The number of allylic oxidation sites excluding steroid dienone is 2. The van der Waals surface area contributed by atoms with E-state index < -0.39 is 0 Å². The van der Waals surface area contributed by atoms with E-state index in [1.54, 1.807) is 0 Å². The van der Waals surface area contributed by atoms with Crippen LogP contribution < -0.4 is 4.74 Å². The van der Waals surface area contributed by atoms with E-state index in [-0.39, 0.29) is 22.9 Å². The van der Waals surface area contributed by atoms with Gasteiger partial charge in [-0.05, 0) is 61.8 Å². The lowest BCUT2D eigenvalue weighted by molar-refractivity contribution is -0.105. The second kappa shape index (κ2) is 7.93. The van der Waals surface area contributed by atoms with Crippen molar-refractivity contribution in [3.8, 4) is 11.5 Å². The molecule has 0 saturated heterocycles. The molecule has 0 fully saturated rings. The standard InChI is InChI=1S/C25H36O3/c1-6-7-8-9-12-24(2,3)18-14-21(27)23-19-13-17(16-26)10-11-20(19)25(4,5)28-22(23)15-18/h10,14-16,19-20,27H,6-9,11-13H2,1-5H3/t19-,20-/m1/s1. The van der Waals surface area contributed by atoms with Crippen LogP contribution in [0.4, 0.5) is 0 Å². The Balaban J connectivity index is 1.94. The number of rotatable bonds is 7. The van der Waals surface area contributed by atoms with Gasteiger partial charge in [-0.15, -0.1) is 0 Å². The Labute approximate surface area is 170 Å². The molecule has 1 aromatic rings. The second-order valence-electron chi connectivity index (χ2n) is 9.86. The number of aromatic hydroxyl groups is 1. The normalized spacial score (nSPS) is 23.2. The van der Waals surface area contributed by atoms with E-state index in [1.165, 1.54) is 25.7 Å². The average Bonchev–Trinajstić information content (AvgIpc) is 2.63. The minimum Gasteiger partial charge on any atom is -0.508 e. The third kappa shape index (κ3) is 3.99. The number of aldehydes is 1. The van der Waals surface area contributed by atoms with Gasteiger partial charge in [-0.1, -0.05) is 52.5 Å². The third-order valence-electron chi connectivity index (χ3n) is 6.92. The number of hydrogen-bond acceptors (Lipinski definition) is 3. The highest BCUT2D eigenvalue weighted by atomic mass is 16.5. The zero-order chi connectivity index (χ0) is 20.5. The van der Waals surface area contributed by atoms with Crippen LogP contribution >= 0.6 is 0 Å². The van der Waals surface area contributed by atoms with Gasteiger partial charge in [0.05, 0.1) is 0 Å². The summed E-state index contributed by atoms with van der Waals surface area (Å²) < 4.78 is 6.44. The van der Waals surface area contributed by atoms with Crippen molar-refractivity contribution in [2.24, 2.45) is 5.92 Å². The number of phenols is 1. The van der Waals surface area contributed by atoms with Crippen molar-refractivity contribution in [1.82, 2.24) is 0 Å². The molecule has 1 aliphatic heterocycles. The monoisotopic (exact) mass is 384 g/mol. The maximum atomic E-state index is 11.4. The second-order valence-corrected chi connectivity index (χ2v) is 9.86. The molecule has 28 heavy (non-hydrogen) atoms. The van der Waals surface area contributed by atoms with Gasteiger partial charge in [0.15, 0.2) is 0 Å². The quantitative estimate of drug-likeness (QED) is 0.435. The van der Waals surface area contributed by atoms with Crippen LogP contribution in [0.25, 0.3) is 0 Å². The van der Waals surface area contributed by atoms with Gasteiger partial charge < -0.3 is 9.84 Å². The molecule has 3 heteroatoms. The van der Waals surface area contributed by atoms with Crippen LogP contribution in [-0.2, 0) is 10.2 Å². The summed E-state index contributed by atoms with van der Waals surface area (Å²) in [6, 6.07) is 4.09. The van der Waals surface area contributed by atoms with Gasteiger partial charge in [-0.2, -0.15) is 0 Å². The molecule has 1 N–H and O–H groups in total. The van der Waals surface area contributed by atoms with Crippen molar-refractivity contribution >= 4 is 6.29 Å². The third-order valence-corrected chi connectivity index (χ3v) is 6.92. The molecule has 0 bridgehead atoms. The first-order chi connectivity index (χ1) is 13.2. The first-order valence-corrected chi connectivity index (χ1v) is 10.9. The van der Waals surface area contributed by atoms with Crippen LogP contribution in [0, 0.1) is 5.92 Å². The Morgan fingerprint density at radius 3 is 2.68 bits per heavy atom. The molecule has 3 nitrogen and oxygen atoms in total. The summed E-state index contributed by atoms with van der Waals surface area (Å²) in [5.74, 6) is 1.52. The number of unbranched alkanes of at least 4 members (excludes halogenated alkanes) is 3. The van der Waals surface area contributed by atoms with Gasteiger partial charge in [-0.25, -0.2) is 0 Å². The van der Waals surface area contributed by atoms with Crippen LogP contribution in [0.15, 0.2) is 23.8 Å². The summed E-state index contributed by atoms with van der Waals surface area (Å²) in [6.07, 6.45) is 10.6. The maximum Gasteiger partial charge on any atom is 0.145 e. The van der Waals surface area contributed by atoms with Crippen molar-refractivity contribution < 1.29 is 14.6 Å². The number of carbonyl (C=O) groups is 1. The lowest BCUT2D eigenvalue weighted by atomic mass is 9.66. The Morgan fingerprint density at radius 2 is 2.00 bits per heavy atom. The van der Waals surface area contributed by atoms with E-state index in [0.29, 0.717) is 12.2 Å². The molecule has 1 aliphatic carbocycles. The summed E-state index contributed by atoms with van der Waals surface area (Å²) in [5.41, 5.74) is 2.53. The highest BCUT2D eigenvalue weighted by molar-refractivity contribution is 5.74. The van der Waals surface area contributed by atoms with E-state index >= 15 is 0 Å². The highest BCUT2D eigenvalue weighted by Gasteiger charge is 2.46. The molecule has 0 spiro atoms. The molecule has 3 rings (SSSR count). The fraction of sp³-hybridized carbons (Fsp3) is 0.640. The molecule has 0 aromatic heterocycles. The Hall–Kier alpha value is -1.77. The van der Waals surface area contributed by atoms with Crippen LogP contribution in [0.3, 0.4) is 0 Å². The number of ether oxygens (including phenoxy) is 1. The van der Waals surface area contributed by atoms with Crippen molar-refractivity contribution in [1.29, 1.82) is 0 Å². The first-order valence-electron chi connectivity index (χ1n) is 10.9. The van der Waals surface area contributed by atoms with Crippen molar-refractivity contribution in [2.75, 3.05) is 0 Å². The predicted molar refractivity (Wildman–Crippen MR) is 114 cm³/mol. The zero-order valence-electron chi connectivity index (χ0n) is 18.2. The van der Waals surface area contributed by atoms with Gasteiger partial charge >= 0.3 is 0 Å². The summed E-state index contributed by atoms with van der Waals surface area (Å²) in [5, 5.41) is 11.0. The van der Waals surface area contributed by atoms with Gasteiger partial charge in [0, 0.05) is 17.4 Å². The summed E-state index contributed by atoms with van der Waals surface area (Å²) in [4.78, 5) is 11.4. The van der Waals surface area contributed by atoms with Crippen molar-refractivity contribution in [3.63, 3.8) is 0 Å². The van der Waals surface area contributed by atoms with Crippen LogP contribution in [-0.4, -0.2) is 17.0 Å². The molecule has 1 heterocycles. The number of carbonyl (C=O) groups excluding carboxylic acids is 1. The number of benzene rings is 1. The molecular formula is C25H36O3. The molecule has 2 atom stereocenters. The first kappa shape index (κ1) is 21.0. The van der Waals surface area contributed by atoms with Crippen LogP contribution in [0.5, 0.6) is 11.5 Å². The van der Waals surface area contributed by atoms with Crippen LogP contribution in [0.1, 0.15) is 96.6 Å². The van der Waals surface area contributed by atoms with E-state index in [0.717, 1.165) is 41.6 Å². The molecular weight excluding hydrogens is 348 g/mol. The summed E-state index contributed by atoms with van der Waals surface area (Å²) in [6.45, 7) is 11.0. The van der Waals surface area contributed by atoms with E-state index in [2.05, 4.69) is 40.7 Å². The van der Waals surface area contributed by atoms with Gasteiger partial charge in [0.25, 0.3) is 0 Å². The van der Waals surface area contributed by atoms with E-state index in [9.17, 15) is 9.90 Å². The maximum absolute atomic E-state index is 11.4. The minimum absolute atomic E-state index is 0.00890. The SMILES string of the molecule is CCCCCCC(C)(C)c1cc(O)c2c(c1)OC(C)(C)[C@@H]1CC=C(C=O)C[C@@H]21. The number of hydrogen-bond donors (Lipinski definition) is 1. The van der Waals surface area contributed by atoms with Gasteiger partial charge in [-0.3, -0.25) is 4.79 Å². The van der Waals surface area contributed by atoms with Crippen molar-refractivity contribution in [3.05, 3.63) is 34.9 Å². The fourth-order valence-corrected chi connectivity index (χ4v) is 5.05. The van der Waals surface area contributed by atoms with Crippen LogP contribution in [0.2, 0.25) is 0 Å². The fourth-order valence-electron chi connectivity index (χ4n) is 5.05. The topological polar surface area (TPSA) is 46.5 Å². The summed E-state index contributed by atoms with van der Waals surface area (Å²) >= 11 is 0. The Morgan fingerprint density at radius 1 is 1.25 bits per heavy atom.